The van der Waals surface area contributed by atoms with E-state index in [-0.39, 0.29) is 5.56 Å². The van der Waals surface area contributed by atoms with Crippen LogP contribution in [0.4, 0.5) is 0 Å². The number of nitrogens with one attached hydrogen (secondary N) is 1. The molecular formula is C12H11IN2OS. The third-order valence-corrected chi connectivity index (χ3v) is 4.80. The molecule has 0 aliphatic carbocycles. The number of hydrogen-bond donors (Lipinski definition) is 1. The third-order valence-electron chi connectivity index (χ3n) is 2.39. The summed E-state index contributed by atoms with van der Waals surface area (Å²) in [7, 11) is 0. The molecular weight excluding hydrogens is 347 g/mol. The number of H-pyrrole nitrogens is 1. The molecule has 0 saturated carbocycles. The number of benzene rings is 1. The minimum atomic E-state index is -0.0760. The minimum absolute atomic E-state index is 0.0760. The summed E-state index contributed by atoms with van der Waals surface area (Å²) in [4.78, 5) is 18.1. The Bertz CT molecular complexity index is 583. The number of aromatic nitrogens is 2. The quantitative estimate of drug-likeness (QED) is 0.521. The molecule has 88 valence electrons. The van der Waals surface area contributed by atoms with Gasteiger partial charge in [-0.1, -0.05) is 24.3 Å². The van der Waals surface area contributed by atoms with E-state index < -0.39 is 0 Å². The Morgan fingerprint density at radius 3 is 2.94 bits per heavy atom. The van der Waals surface area contributed by atoms with Gasteiger partial charge in [-0.2, -0.15) is 0 Å². The van der Waals surface area contributed by atoms with Crippen molar-refractivity contribution in [2.45, 2.75) is 17.7 Å². The summed E-state index contributed by atoms with van der Waals surface area (Å²) in [5.74, 6) is 0.832. The molecule has 0 atom stereocenters. The van der Waals surface area contributed by atoms with Crippen molar-refractivity contribution in [1.29, 1.82) is 0 Å². The summed E-state index contributed by atoms with van der Waals surface area (Å²) in [6.07, 6.45) is 1.45. The van der Waals surface area contributed by atoms with E-state index in [0.29, 0.717) is 3.57 Å². The van der Waals surface area contributed by atoms with Crippen LogP contribution in [0.15, 0.2) is 40.4 Å². The SMILES string of the molecule is Cc1ccccc1CSc1nc[nH]c(=O)c1I. The predicted molar refractivity (Wildman–Crippen MR) is 78.3 cm³/mol. The summed E-state index contributed by atoms with van der Waals surface area (Å²) in [5.41, 5.74) is 2.46. The standard InChI is InChI=1S/C12H11IN2OS/c1-8-4-2-3-5-9(8)6-17-12-10(13)11(16)14-7-15-12/h2-5,7H,6H2,1H3,(H,14,15,16). The molecule has 3 nitrogen and oxygen atoms in total. The van der Waals surface area contributed by atoms with Gasteiger partial charge >= 0.3 is 0 Å². The molecule has 0 spiro atoms. The van der Waals surface area contributed by atoms with Gasteiger partial charge in [-0.05, 0) is 40.6 Å². The lowest BCUT2D eigenvalue weighted by molar-refractivity contribution is 0.987. The fourth-order valence-corrected chi connectivity index (χ4v) is 3.11. The van der Waals surface area contributed by atoms with Crippen molar-refractivity contribution in [3.8, 4) is 0 Å². The zero-order valence-corrected chi connectivity index (χ0v) is 12.2. The van der Waals surface area contributed by atoms with Crippen LogP contribution in [0.5, 0.6) is 0 Å². The van der Waals surface area contributed by atoms with Crippen molar-refractivity contribution in [1.82, 2.24) is 9.97 Å². The van der Waals surface area contributed by atoms with Gasteiger partial charge in [-0.3, -0.25) is 4.79 Å². The first-order valence-electron chi connectivity index (χ1n) is 5.09. The Kier molecular flexibility index (Phi) is 4.22. The van der Waals surface area contributed by atoms with E-state index in [2.05, 4.69) is 29.0 Å². The second-order valence-corrected chi connectivity index (χ2v) is 5.61. The zero-order chi connectivity index (χ0) is 12.3. The lowest BCUT2D eigenvalue weighted by Gasteiger charge is -2.05. The second-order valence-electron chi connectivity index (χ2n) is 3.57. The number of thioether (sulfide) groups is 1. The third kappa shape index (κ3) is 3.10. The van der Waals surface area contributed by atoms with Crippen molar-refractivity contribution in [3.63, 3.8) is 0 Å². The largest absolute Gasteiger partial charge is 0.312 e. The Balaban J connectivity index is 2.16. The van der Waals surface area contributed by atoms with Gasteiger partial charge in [0.15, 0.2) is 0 Å². The van der Waals surface area contributed by atoms with Crippen LogP contribution in [0.25, 0.3) is 0 Å². The van der Waals surface area contributed by atoms with Crippen LogP contribution in [0.3, 0.4) is 0 Å². The van der Waals surface area contributed by atoms with Crippen LogP contribution >= 0.6 is 34.4 Å². The van der Waals surface area contributed by atoms with Crippen molar-refractivity contribution >= 4 is 34.4 Å². The van der Waals surface area contributed by atoms with Crippen molar-refractivity contribution in [2.75, 3.05) is 0 Å². The van der Waals surface area contributed by atoms with Crippen LogP contribution < -0.4 is 5.56 Å². The lowest BCUT2D eigenvalue weighted by atomic mass is 10.1. The first kappa shape index (κ1) is 12.6. The van der Waals surface area contributed by atoms with Gasteiger partial charge in [0.1, 0.15) is 8.60 Å². The van der Waals surface area contributed by atoms with Gasteiger partial charge in [0.2, 0.25) is 0 Å². The van der Waals surface area contributed by atoms with Gasteiger partial charge in [0, 0.05) is 5.75 Å². The monoisotopic (exact) mass is 358 g/mol. The van der Waals surface area contributed by atoms with Crippen molar-refractivity contribution in [3.05, 3.63) is 55.6 Å². The summed E-state index contributed by atoms with van der Waals surface area (Å²) in [6, 6.07) is 8.24. The fraction of sp³-hybridized carbons (Fsp3) is 0.167. The Labute approximate surface area is 117 Å². The molecule has 0 aliphatic rings. The Morgan fingerprint density at radius 1 is 1.41 bits per heavy atom. The highest BCUT2D eigenvalue weighted by atomic mass is 127. The van der Waals surface area contributed by atoms with Crippen molar-refractivity contribution in [2.24, 2.45) is 0 Å². The predicted octanol–water partition coefficient (Wildman–Crippen LogP) is 2.98. The van der Waals surface area contributed by atoms with E-state index in [4.69, 9.17) is 0 Å². The van der Waals surface area contributed by atoms with E-state index in [1.165, 1.54) is 17.5 Å². The molecule has 2 rings (SSSR count). The molecule has 2 aromatic rings. The maximum Gasteiger partial charge on any atom is 0.265 e. The molecule has 0 saturated heterocycles. The molecule has 0 fully saturated rings. The maximum absolute atomic E-state index is 11.4. The molecule has 0 amide bonds. The summed E-state index contributed by atoms with van der Waals surface area (Å²) in [5, 5.41) is 0.789. The number of aromatic amines is 1. The average molecular weight is 358 g/mol. The molecule has 0 bridgehead atoms. The molecule has 1 N–H and O–H groups in total. The molecule has 5 heteroatoms. The topological polar surface area (TPSA) is 45.8 Å². The number of aryl methyl sites for hydroxylation is 1. The van der Waals surface area contributed by atoms with Gasteiger partial charge < -0.3 is 4.98 Å². The fourth-order valence-electron chi connectivity index (χ4n) is 1.39. The highest BCUT2D eigenvalue weighted by Gasteiger charge is 2.06. The number of nitrogens with zero attached hydrogens (tertiary/aromatic N) is 1. The minimum Gasteiger partial charge on any atom is -0.312 e. The highest BCUT2D eigenvalue weighted by Crippen LogP contribution is 2.24. The Hall–Kier alpha value is -0.820. The van der Waals surface area contributed by atoms with Crippen LogP contribution in [0.1, 0.15) is 11.1 Å². The molecule has 0 aliphatic heterocycles. The maximum atomic E-state index is 11.4. The van der Waals surface area contributed by atoms with Gasteiger partial charge in [-0.15, -0.1) is 11.8 Å². The van der Waals surface area contributed by atoms with Crippen LogP contribution in [-0.4, -0.2) is 9.97 Å². The number of hydrogen-bond acceptors (Lipinski definition) is 3. The first-order chi connectivity index (χ1) is 8.18. The summed E-state index contributed by atoms with van der Waals surface area (Å²) in [6.45, 7) is 2.09. The smallest absolute Gasteiger partial charge is 0.265 e. The normalized spacial score (nSPS) is 10.5. The number of halogens is 1. The number of rotatable bonds is 3. The molecule has 0 unspecified atom stereocenters. The zero-order valence-electron chi connectivity index (χ0n) is 9.24. The van der Waals surface area contributed by atoms with Crippen LogP contribution in [0, 0.1) is 10.5 Å². The van der Waals surface area contributed by atoms with Gasteiger partial charge in [-0.25, -0.2) is 4.98 Å². The Morgan fingerprint density at radius 2 is 2.18 bits per heavy atom. The lowest BCUT2D eigenvalue weighted by Crippen LogP contribution is -2.11. The first-order valence-corrected chi connectivity index (χ1v) is 7.15. The molecule has 1 aromatic heterocycles. The second kappa shape index (κ2) is 5.68. The van der Waals surface area contributed by atoms with Crippen LogP contribution in [0.2, 0.25) is 0 Å². The molecule has 1 heterocycles. The van der Waals surface area contributed by atoms with E-state index in [9.17, 15) is 4.79 Å². The van der Waals surface area contributed by atoms with E-state index >= 15 is 0 Å². The van der Waals surface area contributed by atoms with Gasteiger partial charge in [0.25, 0.3) is 5.56 Å². The summed E-state index contributed by atoms with van der Waals surface area (Å²) < 4.78 is 0.656. The van der Waals surface area contributed by atoms with Gasteiger partial charge in [0.05, 0.1) is 6.33 Å². The van der Waals surface area contributed by atoms with Crippen molar-refractivity contribution < 1.29 is 0 Å². The molecule has 0 radical (unpaired) electrons. The van der Waals surface area contributed by atoms with Crippen LogP contribution in [-0.2, 0) is 5.75 Å². The summed E-state index contributed by atoms with van der Waals surface area (Å²) >= 11 is 3.62. The van der Waals surface area contributed by atoms with E-state index in [0.717, 1.165) is 10.8 Å². The van der Waals surface area contributed by atoms with E-state index in [1.54, 1.807) is 11.8 Å². The molecule has 17 heavy (non-hydrogen) atoms. The highest BCUT2D eigenvalue weighted by molar-refractivity contribution is 14.1. The molecule has 1 aromatic carbocycles. The average Bonchev–Trinajstić information content (AvgIpc) is 2.33. The van der Waals surface area contributed by atoms with E-state index in [1.807, 2.05) is 34.7 Å².